The molecule has 1 aliphatic heterocycles. The second-order valence-corrected chi connectivity index (χ2v) is 9.54. The fraction of sp³-hybridized carbons (Fsp3) is 0.409. The number of carbonyl (C=O) groups is 1. The molecule has 1 atom stereocenters. The molecule has 6 heteroatoms. The van der Waals surface area contributed by atoms with E-state index < -0.39 is 10.0 Å². The molecule has 0 aliphatic carbocycles. The van der Waals surface area contributed by atoms with Crippen molar-refractivity contribution in [2.45, 2.75) is 51.5 Å². The lowest BCUT2D eigenvalue weighted by molar-refractivity contribution is 0.0939. The minimum atomic E-state index is -3.56. The summed E-state index contributed by atoms with van der Waals surface area (Å²) in [6.07, 6.45) is 1.76. The fourth-order valence-electron chi connectivity index (χ4n) is 3.48. The van der Waals surface area contributed by atoms with Gasteiger partial charge in [0.15, 0.2) is 0 Å². The summed E-state index contributed by atoms with van der Waals surface area (Å²) in [6.45, 7) is 8.88. The Labute approximate surface area is 167 Å². The van der Waals surface area contributed by atoms with Crippen molar-refractivity contribution in [3.05, 3.63) is 64.2 Å². The van der Waals surface area contributed by atoms with E-state index >= 15 is 0 Å². The van der Waals surface area contributed by atoms with Gasteiger partial charge in [0, 0.05) is 18.7 Å². The first-order chi connectivity index (χ1) is 13.2. The van der Waals surface area contributed by atoms with Crippen molar-refractivity contribution in [1.29, 1.82) is 0 Å². The third kappa shape index (κ3) is 4.13. The summed E-state index contributed by atoms with van der Waals surface area (Å²) in [5, 5.41) is 2.98. The highest BCUT2D eigenvalue weighted by Crippen LogP contribution is 2.25. The standard InChI is InChI=1S/C22H28N2O3S/c1-15-7-9-19(13-17(15)3)18(4)23-22(25)20-10-8-16(2)21(14-20)28(26,27)24-11-5-6-12-24/h7-10,13-14,18H,5-6,11-12H2,1-4H3,(H,23,25)/t18-/m1/s1. The molecule has 3 rings (SSSR count). The number of benzene rings is 2. The maximum atomic E-state index is 12.9. The van der Waals surface area contributed by atoms with Crippen LogP contribution in [0.1, 0.15) is 58.4 Å². The first kappa shape index (κ1) is 20.6. The van der Waals surface area contributed by atoms with Crippen LogP contribution in [0.2, 0.25) is 0 Å². The fourth-order valence-corrected chi connectivity index (χ4v) is 5.25. The molecule has 1 fully saturated rings. The first-order valence-electron chi connectivity index (χ1n) is 9.69. The zero-order valence-electron chi connectivity index (χ0n) is 17.0. The summed E-state index contributed by atoms with van der Waals surface area (Å²) in [6, 6.07) is 10.8. The van der Waals surface area contributed by atoms with Gasteiger partial charge in [0.2, 0.25) is 10.0 Å². The van der Waals surface area contributed by atoms with E-state index in [1.54, 1.807) is 19.1 Å². The second kappa shape index (κ2) is 8.05. The summed E-state index contributed by atoms with van der Waals surface area (Å²) < 4.78 is 27.4. The van der Waals surface area contributed by atoms with Gasteiger partial charge >= 0.3 is 0 Å². The molecule has 1 aliphatic rings. The predicted octanol–water partition coefficient (Wildman–Crippen LogP) is 3.89. The molecule has 0 aromatic heterocycles. The zero-order valence-corrected chi connectivity index (χ0v) is 17.8. The van der Waals surface area contributed by atoms with Crippen LogP contribution in [-0.2, 0) is 10.0 Å². The van der Waals surface area contributed by atoms with Crippen molar-refractivity contribution in [2.75, 3.05) is 13.1 Å². The van der Waals surface area contributed by atoms with Crippen LogP contribution in [0, 0.1) is 20.8 Å². The number of carbonyl (C=O) groups excluding carboxylic acids is 1. The molecule has 0 radical (unpaired) electrons. The maximum absolute atomic E-state index is 12.9. The lowest BCUT2D eigenvalue weighted by Crippen LogP contribution is -2.30. The highest BCUT2D eigenvalue weighted by atomic mass is 32.2. The van der Waals surface area contributed by atoms with Crippen LogP contribution in [0.4, 0.5) is 0 Å². The van der Waals surface area contributed by atoms with E-state index in [4.69, 9.17) is 0 Å². The Morgan fingerprint density at radius 2 is 1.61 bits per heavy atom. The number of rotatable bonds is 5. The van der Waals surface area contributed by atoms with Crippen LogP contribution in [0.3, 0.4) is 0 Å². The van der Waals surface area contributed by atoms with Crippen LogP contribution >= 0.6 is 0 Å². The third-order valence-corrected chi connectivity index (χ3v) is 7.55. The first-order valence-corrected chi connectivity index (χ1v) is 11.1. The lowest BCUT2D eigenvalue weighted by Gasteiger charge is -2.19. The number of aryl methyl sites for hydroxylation is 3. The number of hydrogen-bond acceptors (Lipinski definition) is 3. The van der Waals surface area contributed by atoms with Crippen molar-refractivity contribution in [1.82, 2.24) is 9.62 Å². The van der Waals surface area contributed by atoms with E-state index in [0.29, 0.717) is 24.2 Å². The molecule has 0 saturated carbocycles. The molecule has 0 unspecified atom stereocenters. The molecular weight excluding hydrogens is 372 g/mol. The molecule has 1 heterocycles. The van der Waals surface area contributed by atoms with Crippen molar-refractivity contribution >= 4 is 15.9 Å². The van der Waals surface area contributed by atoms with Gasteiger partial charge < -0.3 is 5.32 Å². The van der Waals surface area contributed by atoms with Gasteiger partial charge in [-0.3, -0.25) is 4.79 Å². The van der Waals surface area contributed by atoms with Gasteiger partial charge in [-0.2, -0.15) is 4.31 Å². The quantitative estimate of drug-likeness (QED) is 0.828. The molecule has 2 aromatic carbocycles. The van der Waals surface area contributed by atoms with Gasteiger partial charge in [0.05, 0.1) is 10.9 Å². The van der Waals surface area contributed by atoms with Gasteiger partial charge in [0.1, 0.15) is 0 Å². The Bertz CT molecular complexity index is 993. The van der Waals surface area contributed by atoms with Gasteiger partial charge in [-0.05, 0) is 74.9 Å². The molecule has 1 amide bonds. The van der Waals surface area contributed by atoms with Gasteiger partial charge in [0.25, 0.3) is 5.91 Å². The van der Waals surface area contributed by atoms with Crippen LogP contribution in [0.15, 0.2) is 41.3 Å². The summed E-state index contributed by atoms with van der Waals surface area (Å²) in [5.41, 5.74) is 4.42. The number of nitrogens with zero attached hydrogens (tertiary/aromatic N) is 1. The van der Waals surface area contributed by atoms with Crippen molar-refractivity contribution in [3.63, 3.8) is 0 Å². The van der Waals surface area contributed by atoms with E-state index in [1.807, 2.05) is 26.0 Å². The molecule has 0 bridgehead atoms. The molecule has 28 heavy (non-hydrogen) atoms. The van der Waals surface area contributed by atoms with Crippen LogP contribution in [0.5, 0.6) is 0 Å². The van der Waals surface area contributed by atoms with Crippen molar-refractivity contribution < 1.29 is 13.2 Å². The van der Waals surface area contributed by atoms with Gasteiger partial charge in [-0.15, -0.1) is 0 Å². The summed E-state index contributed by atoms with van der Waals surface area (Å²) in [4.78, 5) is 13.0. The molecule has 5 nitrogen and oxygen atoms in total. The Balaban J connectivity index is 1.83. The third-order valence-electron chi connectivity index (χ3n) is 5.51. The van der Waals surface area contributed by atoms with E-state index in [9.17, 15) is 13.2 Å². The topological polar surface area (TPSA) is 66.5 Å². The summed E-state index contributed by atoms with van der Waals surface area (Å²) in [7, 11) is -3.56. The van der Waals surface area contributed by atoms with Gasteiger partial charge in [-0.1, -0.05) is 24.3 Å². The average Bonchev–Trinajstić information content (AvgIpc) is 3.19. The highest BCUT2D eigenvalue weighted by Gasteiger charge is 2.29. The van der Waals surface area contributed by atoms with Crippen molar-refractivity contribution in [3.8, 4) is 0 Å². The Kier molecular flexibility index (Phi) is 5.91. The van der Waals surface area contributed by atoms with E-state index in [2.05, 4.69) is 18.3 Å². The van der Waals surface area contributed by atoms with Gasteiger partial charge in [-0.25, -0.2) is 8.42 Å². The van der Waals surface area contributed by atoms with E-state index in [-0.39, 0.29) is 16.8 Å². The maximum Gasteiger partial charge on any atom is 0.251 e. The SMILES string of the molecule is Cc1ccc([C@@H](C)NC(=O)c2ccc(C)c(S(=O)(=O)N3CCCC3)c2)cc1C. The number of amides is 1. The minimum absolute atomic E-state index is 0.174. The molecule has 2 aromatic rings. The number of hydrogen-bond donors (Lipinski definition) is 1. The van der Waals surface area contributed by atoms with Crippen LogP contribution < -0.4 is 5.32 Å². The second-order valence-electron chi connectivity index (χ2n) is 7.63. The summed E-state index contributed by atoms with van der Waals surface area (Å²) in [5.74, 6) is -0.274. The van der Waals surface area contributed by atoms with E-state index in [0.717, 1.165) is 18.4 Å². The number of sulfonamides is 1. The average molecular weight is 401 g/mol. The van der Waals surface area contributed by atoms with Crippen molar-refractivity contribution in [2.24, 2.45) is 0 Å². The highest BCUT2D eigenvalue weighted by molar-refractivity contribution is 7.89. The molecule has 0 spiro atoms. The number of nitrogens with one attached hydrogen (secondary N) is 1. The van der Waals surface area contributed by atoms with Crippen LogP contribution in [0.25, 0.3) is 0 Å². The Morgan fingerprint density at radius 1 is 0.964 bits per heavy atom. The summed E-state index contributed by atoms with van der Waals surface area (Å²) >= 11 is 0. The Morgan fingerprint density at radius 3 is 2.25 bits per heavy atom. The lowest BCUT2D eigenvalue weighted by atomic mass is 10.0. The van der Waals surface area contributed by atoms with Crippen LogP contribution in [-0.4, -0.2) is 31.7 Å². The molecule has 150 valence electrons. The Hall–Kier alpha value is -2.18. The predicted molar refractivity (Wildman–Crippen MR) is 111 cm³/mol. The minimum Gasteiger partial charge on any atom is -0.346 e. The molecule has 1 saturated heterocycles. The smallest absolute Gasteiger partial charge is 0.251 e. The molecule has 1 N–H and O–H groups in total. The largest absolute Gasteiger partial charge is 0.346 e. The monoisotopic (exact) mass is 400 g/mol. The zero-order chi connectivity index (χ0) is 20.5. The normalized spacial score (nSPS) is 16.1. The molecular formula is C22H28N2O3S. The van der Waals surface area contributed by atoms with E-state index in [1.165, 1.54) is 21.5 Å².